The van der Waals surface area contributed by atoms with Gasteiger partial charge in [0.15, 0.2) is 5.78 Å². The fraction of sp³-hybridized carbons (Fsp3) is 0.312. The molecule has 1 aromatic heterocycles. The van der Waals surface area contributed by atoms with E-state index in [2.05, 4.69) is 10.3 Å². The number of nitrogens with zero attached hydrogens (tertiary/aromatic N) is 4. The fourth-order valence-corrected chi connectivity index (χ4v) is 2.96. The highest BCUT2D eigenvalue weighted by Crippen LogP contribution is 2.41. The zero-order valence-corrected chi connectivity index (χ0v) is 13.4. The molecule has 2 aliphatic rings. The maximum Gasteiger partial charge on any atom is 0.181 e. The zero-order valence-electron chi connectivity index (χ0n) is 13.4. The maximum absolute atomic E-state index is 12.4. The van der Waals surface area contributed by atoms with Crippen LogP contribution in [0, 0.1) is 5.21 Å². The van der Waals surface area contributed by atoms with Crippen LogP contribution in [0.1, 0.15) is 26.3 Å². The second kappa shape index (κ2) is 4.81. The molecule has 24 heavy (non-hydrogen) atoms. The lowest BCUT2D eigenvalue weighted by molar-refractivity contribution is -0.122. The van der Waals surface area contributed by atoms with E-state index in [1.165, 1.54) is 17.3 Å². The first-order chi connectivity index (χ1) is 11.4. The van der Waals surface area contributed by atoms with E-state index in [-0.39, 0.29) is 5.78 Å². The molecule has 2 aromatic rings. The summed E-state index contributed by atoms with van der Waals surface area (Å²) in [5, 5.41) is 22.1. The molecule has 3 heterocycles. The van der Waals surface area contributed by atoms with Crippen LogP contribution in [0.3, 0.4) is 0 Å². The normalized spacial score (nSPS) is 22.4. The molecule has 0 N–H and O–H groups in total. The topological polar surface area (TPSA) is 94.8 Å². The number of hydroxylamine groups is 1. The Hall–Kier alpha value is -2.87. The van der Waals surface area contributed by atoms with E-state index >= 15 is 0 Å². The molecule has 0 radical (unpaired) electrons. The number of aromatic nitrogens is 2. The van der Waals surface area contributed by atoms with Crippen LogP contribution in [0.4, 0.5) is 0 Å². The predicted octanol–water partition coefficient (Wildman–Crippen LogP) is 2.24. The van der Waals surface area contributed by atoms with Gasteiger partial charge in [-0.25, -0.2) is 4.63 Å². The maximum atomic E-state index is 12.4. The van der Waals surface area contributed by atoms with E-state index in [0.29, 0.717) is 33.2 Å². The molecule has 0 fully saturated rings. The minimum atomic E-state index is -0.655. The van der Waals surface area contributed by atoms with Gasteiger partial charge in [0.25, 0.3) is 0 Å². The third-order valence-corrected chi connectivity index (χ3v) is 4.09. The summed E-state index contributed by atoms with van der Waals surface area (Å²) < 4.78 is 10.7. The van der Waals surface area contributed by atoms with Gasteiger partial charge in [-0.1, -0.05) is 0 Å². The van der Waals surface area contributed by atoms with Crippen LogP contribution < -0.4 is 4.74 Å². The van der Waals surface area contributed by atoms with Gasteiger partial charge in [0.2, 0.25) is 0 Å². The van der Waals surface area contributed by atoms with Crippen LogP contribution in [0.2, 0.25) is 0 Å². The van der Waals surface area contributed by atoms with Gasteiger partial charge in [-0.3, -0.25) is 9.80 Å². The molecule has 0 spiro atoms. The number of hydrogen-bond donors (Lipinski definition) is 0. The Kier molecular flexibility index (Phi) is 2.95. The number of hydrazine groups is 1. The first-order valence-electron chi connectivity index (χ1n) is 7.52. The van der Waals surface area contributed by atoms with Crippen LogP contribution in [0.5, 0.6) is 5.75 Å². The lowest BCUT2D eigenvalue weighted by atomic mass is 9.97. The Morgan fingerprint density at radius 3 is 2.71 bits per heavy atom. The van der Waals surface area contributed by atoms with E-state index < -0.39 is 11.6 Å². The van der Waals surface area contributed by atoms with E-state index in [1.807, 2.05) is 19.9 Å². The number of ether oxygens (including phenoxy) is 1. The number of hydrogen-bond acceptors (Lipinski definition) is 8. The Bertz CT molecular complexity index is 899. The van der Waals surface area contributed by atoms with Gasteiger partial charge in [0.05, 0.1) is 5.70 Å². The standard InChI is InChI=1S/C16H15N4O4/c1-9-14(21)4-5-19(22)20(9)13-8-16(2,3)23-15-7-12-11(6-10(13)15)17-24-18-12/h4-9H,1-3H3/q-1. The zero-order chi connectivity index (χ0) is 17.1. The minimum Gasteiger partial charge on any atom is -0.739 e. The monoisotopic (exact) mass is 327 g/mol. The Labute approximate surface area is 137 Å². The lowest BCUT2D eigenvalue weighted by Crippen LogP contribution is -2.48. The predicted molar refractivity (Wildman–Crippen MR) is 85.1 cm³/mol. The average Bonchev–Trinajstić information content (AvgIpc) is 2.95. The molecular weight excluding hydrogens is 312 g/mol. The number of ketones is 1. The lowest BCUT2D eigenvalue weighted by Gasteiger charge is -2.48. The minimum absolute atomic E-state index is 0.141. The van der Waals surface area contributed by atoms with Crippen molar-refractivity contribution >= 4 is 22.5 Å². The van der Waals surface area contributed by atoms with E-state index in [9.17, 15) is 10.0 Å². The summed E-state index contributed by atoms with van der Waals surface area (Å²) >= 11 is 0. The van der Waals surface area contributed by atoms with Gasteiger partial charge < -0.3 is 15.1 Å². The second-order valence-electron chi connectivity index (χ2n) is 6.38. The van der Waals surface area contributed by atoms with Crippen molar-refractivity contribution in [2.24, 2.45) is 0 Å². The highest BCUT2D eigenvalue weighted by atomic mass is 16.6. The molecule has 1 aromatic carbocycles. The van der Waals surface area contributed by atoms with Crippen LogP contribution in [0.25, 0.3) is 16.7 Å². The SMILES string of the molecule is CC1C(=O)C=CN([O-])N1C1=CC(C)(C)Oc2cc3nonc3cc21. The summed E-state index contributed by atoms with van der Waals surface area (Å²) in [5.41, 5.74) is 1.71. The summed E-state index contributed by atoms with van der Waals surface area (Å²) in [5.74, 6) is 0.418. The highest BCUT2D eigenvalue weighted by Gasteiger charge is 2.34. The van der Waals surface area contributed by atoms with Crippen LogP contribution in [0.15, 0.2) is 35.1 Å². The smallest absolute Gasteiger partial charge is 0.181 e. The van der Waals surface area contributed by atoms with Gasteiger partial charge in [-0.2, -0.15) is 0 Å². The number of fused-ring (bicyclic) bond motifs is 2. The van der Waals surface area contributed by atoms with E-state index in [4.69, 9.17) is 9.37 Å². The molecule has 0 amide bonds. The molecule has 0 aliphatic carbocycles. The second-order valence-corrected chi connectivity index (χ2v) is 6.38. The molecule has 0 saturated heterocycles. The molecule has 2 aliphatic heterocycles. The molecule has 124 valence electrons. The quantitative estimate of drug-likeness (QED) is 0.787. The van der Waals surface area contributed by atoms with E-state index in [0.717, 1.165) is 0 Å². The van der Waals surface area contributed by atoms with Gasteiger partial charge in [-0.15, -0.1) is 0 Å². The number of carbonyl (C=O) groups excluding carboxylic acids is 1. The molecule has 8 heteroatoms. The van der Waals surface area contributed by atoms with Crippen LogP contribution in [-0.4, -0.2) is 37.9 Å². The molecule has 4 rings (SSSR count). The van der Waals surface area contributed by atoms with Gasteiger partial charge in [-0.05, 0) is 43.2 Å². The van der Waals surface area contributed by atoms with Gasteiger partial charge >= 0.3 is 0 Å². The third kappa shape index (κ3) is 2.15. The summed E-state index contributed by atoms with van der Waals surface area (Å²) in [4.78, 5) is 12.0. The number of rotatable bonds is 1. The largest absolute Gasteiger partial charge is 0.739 e. The average molecular weight is 327 g/mol. The third-order valence-electron chi connectivity index (χ3n) is 4.09. The number of carbonyl (C=O) groups is 1. The first-order valence-corrected chi connectivity index (χ1v) is 7.52. The molecule has 8 nitrogen and oxygen atoms in total. The van der Waals surface area contributed by atoms with Crippen molar-refractivity contribution in [3.63, 3.8) is 0 Å². The van der Waals surface area contributed by atoms with Crippen molar-refractivity contribution in [1.82, 2.24) is 20.5 Å². The van der Waals surface area contributed by atoms with Crippen molar-refractivity contribution in [2.75, 3.05) is 0 Å². The summed E-state index contributed by atoms with van der Waals surface area (Å²) in [6, 6.07) is 2.84. The van der Waals surface area contributed by atoms with E-state index in [1.54, 1.807) is 19.1 Å². The van der Waals surface area contributed by atoms with Gasteiger partial charge in [0, 0.05) is 23.9 Å². The Balaban J connectivity index is 1.92. The molecule has 1 atom stereocenters. The van der Waals surface area contributed by atoms with Crippen LogP contribution >= 0.6 is 0 Å². The fourth-order valence-electron chi connectivity index (χ4n) is 2.96. The first kappa shape index (κ1) is 14.7. The Morgan fingerprint density at radius 2 is 1.96 bits per heavy atom. The van der Waals surface area contributed by atoms with Crippen molar-refractivity contribution in [3.05, 3.63) is 41.3 Å². The van der Waals surface area contributed by atoms with Crippen molar-refractivity contribution in [2.45, 2.75) is 32.4 Å². The van der Waals surface area contributed by atoms with Crippen molar-refractivity contribution in [3.8, 4) is 5.75 Å². The van der Waals surface area contributed by atoms with Gasteiger partial charge in [0.1, 0.15) is 28.4 Å². The summed E-state index contributed by atoms with van der Waals surface area (Å²) in [7, 11) is 0. The molecule has 0 bridgehead atoms. The molecular formula is C16H15N4O4-. The molecule has 1 unspecified atom stereocenters. The Morgan fingerprint density at radius 1 is 1.25 bits per heavy atom. The highest BCUT2D eigenvalue weighted by molar-refractivity contribution is 5.96. The summed E-state index contributed by atoms with van der Waals surface area (Å²) in [6.07, 6.45) is 4.31. The number of benzene rings is 1. The van der Waals surface area contributed by atoms with Crippen molar-refractivity contribution < 1.29 is 14.2 Å². The molecule has 0 saturated carbocycles. The van der Waals surface area contributed by atoms with Crippen LogP contribution in [-0.2, 0) is 4.79 Å². The van der Waals surface area contributed by atoms with Crippen molar-refractivity contribution in [1.29, 1.82) is 0 Å². The summed E-state index contributed by atoms with van der Waals surface area (Å²) in [6.45, 7) is 5.45.